The Hall–Kier alpha value is -4.05. The quantitative estimate of drug-likeness (QED) is 0.425. The molecule has 3 N–H and O–H groups in total. The van der Waals surface area contributed by atoms with Crippen LogP contribution in [0.2, 0.25) is 0 Å². The summed E-state index contributed by atoms with van der Waals surface area (Å²) >= 11 is 0. The van der Waals surface area contributed by atoms with Crippen molar-refractivity contribution in [3.63, 3.8) is 0 Å². The standard InChI is InChI=1S/C24H26N4O5S/c1-4-33-21-13-15-22(16-14-21)34(31,32)27-19-9-5-17(6-10-19)23(29)25-26-24(30)18-7-11-20(12-8-18)28(2)3/h5-16,27H,4H2,1-3H3,(H,25,29)(H,26,30). The largest absolute Gasteiger partial charge is 0.494 e. The summed E-state index contributed by atoms with van der Waals surface area (Å²) in [5.41, 5.74) is 6.57. The number of anilines is 2. The molecule has 0 atom stereocenters. The van der Waals surface area contributed by atoms with E-state index in [0.717, 1.165) is 5.69 Å². The van der Waals surface area contributed by atoms with Gasteiger partial charge < -0.3 is 9.64 Å². The molecule has 0 aliphatic rings. The Balaban J connectivity index is 1.57. The number of nitrogens with zero attached hydrogens (tertiary/aromatic N) is 1. The molecule has 34 heavy (non-hydrogen) atoms. The van der Waals surface area contributed by atoms with E-state index in [1.807, 2.05) is 25.9 Å². The molecule has 2 amide bonds. The van der Waals surface area contributed by atoms with E-state index in [4.69, 9.17) is 4.74 Å². The predicted molar refractivity (Wildman–Crippen MR) is 131 cm³/mol. The lowest BCUT2D eigenvalue weighted by molar-refractivity contribution is 0.0846. The van der Waals surface area contributed by atoms with Gasteiger partial charge in [0, 0.05) is 36.6 Å². The van der Waals surface area contributed by atoms with Crippen LogP contribution < -0.4 is 25.2 Å². The molecule has 3 rings (SSSR count). The number of hydrazine groups is 1. The SMILES string of the molecule is CCOc1ccc(S(=O)(=O)Nc2ccc(C(=O)NNC(=O)c3ccc(N(C)C)cc3)cc2)cc1. The van der Waals surface area contributed by atoms with Crippen LogP contribution in [0, 0.1) is 0 Å². The maximum atomic E-state index is 12.6. The number of rotatable bonds is 8. The topological polar surface area (TPSA) is 117 Å². The number of nitrogens with one attached hydrogen (secondary N) is 3. The van der Waals surface area contributed by atoms with E-state index in [0.29, 0.717) is 17.9 Å². The summed E-state index contributed by atoms with van der Waals surface area (Å²) < 4.78 is 32.9. The molecule has 3 aromatic rings. The number of carbonyl (C=O) groups is 2. The first-order chi connectivity index (χ1) is 16.2. The molecule has 0 heterocycles. The molecule has 9 nitrogen and oxygen atoms in total. The van der Waals surface area contributed by atoms with Gasteiger partial charge in [0.25, 0.3) is 21.8 Å². The van der Waals surface area contributed by atoms with Crippen LogP contribution in [0.5, 0.6) is 5.75 Å². The first kappa shape index (κ1) is 24.6. The lowest BCUT2D eigenvalue weighted by Crippen LogP contribution is -2.41. The fraction of sp³-hybridized carbons (Fsp3) is 0.167. The maximum absolute atomic E-state index is 12.6. The van der Waals surface area contributed by atoms with Crippen LogP contribution >= 0.6 is 0 Å². The molecule has 0 saturated carbocycles. The normalized spacial score (nSPS) is 10.8. The van der Waals surface area contributed by atoms with Gasteiger partial charge in [0.15, 0.2) is 0 Å². The summed E-state index contributed by atoms with van der Waals surface area (Å²) in [7, 11) is -0.0160. The van der Waals surface area contributed by atoms with Gasteiger partial charge in [0.2, 0.25) is 0 Å². The number of benzene rings is 3. The van der Waals surface area contributed by atoms with Crippen molar-refractivity contribution >= 4 is 33.2 Å². The maximum Gasteiger partial charge on any atom is 0.269 e. The minimum absolute atomic E-state index is 0.0825. The number of hydrogen-bond donors (Lipinski definition) is 3. The molecule has 10 heteroatoms. The molecular formula is C24H26N4O5S. The van der Waals surface area contributed by atoms with Gasteiger partial charge in [0.05, 0.1) is 11.5 Å². The molecule has 0 aliphatic carbocycles. The van der Waals surface area contributed by atoms with Crippen LogP contribution in [0.3, 0.4) is 0 Å². The highest BCUT2D eigenvalue weighted by atomic mass is 32.2. The van der Waals surface area contributed by atoms with Gasteiger partial charge in [-0.3, -0.25) is 25.2 Å². The lowest BCUT2D eigenvalue weighted by atomic mass is 10.2. The highest BCUT2D eigenvalue weighted by Crippen LogP contribution is 2.20. The number of carbonyl (C=O) groups excluding carboxylic acids is 2. The number of sulfonamides is 1. The van der Waals surface area contributed by atoms with Crippen molar-refractivity contribution in [1.82, 2.24) is 10.9 Å². The van der Waals surface area contributed by atoms with Crippen LogP contribution in [0.1, 0.15) is 27.6 Å². The van der Waals surface area contributed by atoms with Crippen molar-refractivity contribution < 1.29 is 22.7 Å². The number of ether oxygens (including phenoxy) is 1. The van der Waals surface area contributed by atoms with Crippen molar-refractivity contribution in [2.45, 2.75) is 11.8 Å². The Morgan fingerprint density at radius 2 is 1.29 bits per heavy atom. The molecule has 0 saturated heterocycles. The van der Waals surface area contributed by atoms with E-state index in [-0.39, 0.29) is 16.1 Å². The van der Waals surface area contributed by atoms with E-state index < -0.39 is 21.8 Å². The number of hydrogen-bond acceptors (Lipinski definition) is 6. The molecule has 178 valence electrons. The van der Waals surface area contributed by atoms with Gasteiger partial charge >= 0.3 is 0 Å². The Morgan fingerprint density at radius 3 is 1.76 bits per heavy atom. The zero-order valence-electron chi connectivity index (χ0n) is 19.0. The summed E-state index contributed by atoms with van der Waals surface area (Å²) in [5.74, 6) is -0.424. The van der Waals surface area contributed by atoms with E-state index >= 15 is 0 Å². The Labute approximate surface area is 198 Å². The second-order valence-electron chi connectivity index (χ2n) is 7.44. The monoisotopic (exact) mass is 482 g/mol. The van der Waals surface area contributed by atoms with Crippen molar-refractivity contribution in [2.75, 3.05) is 30.3 Å². The third kappa shape index (κ3) is 6.26. The minimum Gasteiger partial charge on any atom is -0.494 e. The van der Waals surface area contributed by atoms with Crippen molar-refractivity contribution in [2.24, 2.45) is 0 Å². The van der Waals surface area contributed by atoms with E-state index in [1.165, 1.54) is 36.4 Å². The van der Waals surface area contributed by atoms with E-state index in [9.17, 15) is 18.0 Å². The van der Waals surface area contributed by atoms with Crippen LogP contribution in [-0.4, -0.2) is 40.9 Å². The summed E-state index contributed by atoms with van der Waals surface area (Å²) in [6.07, 6.45) is 0. The molecular weight excluding hydrogens is 456 g/mol. The molecule has 0 spiro atoms. The summed E-state index contributed by atoms with van der Waals surface area (Å²) in [4.78, 5) is 26.6. The van der Waals surface area contributed by atoms with Gasteiger partial charge in [0.1, 0.15) is 5.75 Å². The van der Waals surface area contributed by atoms with Gasteiger partial charge in [-0.15, -0.1) is 0 Å². The summed E-state index contributed by atoms with van der Waals surface area (Å²) in [6, 6.07) is 18.8. The average molecular weight is 483 g/mol. The van der Waals surface area contributed by atoms with Gasteiger partial charge in [-0.05, 0) is 79.7 Å². The summed E-state index contributed by atoms with van der Waals surface area (Å²) in [6.45, 7) is 2.33. The predicted octanol–water partition coefficient (Wildman–Crippen LogP) is 3.03. The van der Waals surface area contributed by atoms with Gasteiger partial charge in [-0.2, -0.15) is 0 Å². The van der Waals surface area contributed by atoms with Crippen LogP contribution in [0.25, 0.3) is 0 Å². The van der Waals surface area contributed by atoms with E-state index in [2.05, 4.69) is 15.6 Å². The Morgan fingerprint density at radius 1 is 0.794 bits per heavy atom. The van der Waals surface area contributed by atoms with Crippen molar-refractivity contribution in [3.05, 3.63) is 83.9 Å². The van der Waals surface area contributed by atoms with Crippen LogP contribution in [-0.2, 0) is 10.0 Å². The fourth-order valence-corrected chi connectivity index (χ4v) is 4.01. The Bertz CT molecular complexity index is 1240. The average Bonchev–Trinajstić information content (AvgIpc) is 2.83. The minimum atomic E-state index is -3.80. The molecule has 0 radical (unpaired) electrons. The molecule has 0 aliphatic heterocycles. The van der Waals surface area contributed by atoms with Gasteiger partial charge in [-0.25, -0.2) is 8.42 Å². The highest BCUT2D eigenvalue weighted by Gasteiger charge is 2.15. The Kier molecular flexibility index (Phi) is 7.75. The zero-order chi connectivity index (χ0) is 24.7. The smallest absolute Gasteiger partial charge is 0.269 e. The molecule has 0 fully saturated rings. The summed E-state index contributed by atoms with van der Waals surface area (Å²) in [5, 5.41) is 0. The molecule has 0 aromatic heterocycles. The van der Waals surface area contributed by atoms with Crippen LogP contribution in [0.15, 0.2) is 77.7 Å². The first-order valence-electron chi connectivity index (χ1n) is 10.4. The van der Waals surface area contributed by atoms with E-state index in [1.54, 1.807) is 36.4 Å². The number of amides is 2. The third-order valence-corrected chi connectivity index (χ3v) is 6.18. The molecule has 3 aromatic carbocycles. The van der Waals surface area contributed by atoms with Crippen molar-refractivity contribution in [1.29, 1.82) is 0 Å². The third-order valence-electron chi connectivity index (χ3n) is 4.78. The molecule has 0 unspecified atom stereocenters. The molecule has 0 bridgehead atoms. The second-order valence-corrected chi connectivity index (χ2v) is 9.12. The van der Waals surface area contributed by atoms with Gasteiger partial charge in [-0.1, -0.05) is 0 Å². The fourth-order valence-electron chi connectivity index (χ4n) is 2.95. The second kappa shape index (κ2) is 10.7. The zero-order valence-corrected chi connectivity index (χ0v) is 19.8. The highest BCUT2D eigenvalue weighted by molar-refractivity contribution is 7.92. The van der Waals surface area contributed by atoms with Crippen molar-refractivity contribution in [3.8, 4) is 5.75 Å². The first-order valence-corrected chi connectivity index (χ1v) is 11.9. The van der Waals surface area contributed by atoms with Crippen LogP contribution in [0.4, 0.5) is 11.4 Å². The lowest BCUT2D eigenvalue weighted by Gasteiger charge is -2.13.